The fraction of sp³-hybridized carbons (Fsp3) is 0.231. The molecule has 0 atom stereocenters. The van der Waals surface area contributed by atoms with E-state index in [2.05, 4.69) is 51.7 Å². The van der Waals surface area contributed by atoms with Crippen molar-refractivity contribution in [1.29, 1.82) is 0 Å². The second kappa shape index (κ2) is 5.92. The third kappa shape index (κ3) is 3.27. The highest BCUT2D eigenvalue weighted by Crippen LogP contribution is 2.31. The molecular weight excluding hydrogens is 375 g/mol. The lowest BCUT2D eigenvalue weighted by atomic mass is 10.0. The number of hydrogen-bond acceptors (Lipinski definition) is 4. The maximum atomic E-state index is 6.21. The summed E-state index contributed by atoms with van der Waals surface area (Å²) in [5, 5.41) is 3.88. The highest BCUT2D eigenvalue weighted by atomic mass is 127. The van der Waals surface area contributed by atoms with Gasteiger partial charge < -0.3 is 11.1 Å². The summed E-state index contributed by atoms with van der Waals surface area (Å²) in [6.45, 7) is 4.10. The Bertz CT molecular complexity index is 601. The van der Waals surface area contributed by atoms with Crippen LogP contribution in [-0.4, -0.2) is 9.97 Å². The molecule has 2 rings (SSSR count). The van der Waals surface area contributed by atoms with E-state index in [0.29, 0.717) is 16.7 Å². The summed E-state index contributed by atoms with van der Waals surface area (Å²) >= 11 is 8.43. The predicted molar refractivity (Wildman–Crippen MR) is 88.0 cm³/mol. The van der Waals surface area contributed by atoms with E-state index >= 15 is 0 Å². The molecule has 0 bridgehead atoms. The number of nitrogens with two attached hydrogens (primary N) is 1. The fourth-order valence-electron chi connectivity index (χ4n) is 1.80. The van der Waals surface area contributed by atoms with Gasteiger partial charge >= 0.3 is 0 Å². The number of hydrogen-bond donors (Lipinski definition) is 2. The van der Waals surface area contributed by atoms with Gasteiger partial charge in [-0.05, 0) is 46.7 Å². The number of benzene rings is 1. The minimum absolute atomic E-state index is 0.228. The smallest absolute Gasteiger partial charge is 0.139 e. The Labute approximate surface area is 130 Å². The average Bonchev–Trinajstić information content (AvgIpc) is 2.32. The highest BCUT2D eigenvalue weighted by molar-refractivity contribution is 14.1. The van der Waals surface area contributed by atoms with Gasteiger partial charge in [-0.3, -0.25) is 0 Å². The normalized spacial score (nSPS) is 10.8. The number of halogens is 2. The molecule has 0 saturated heterocycles. The Morgan fingerprint density at radius 3 is 2.68 bits per heavy atom. The van der Waals surface area contributed by atoms with Crippen molar-refractivity contribution >= 4 is 51.5 Å². The number of nitrogens with zero attached hydrogens (tertiary/aromatic N) is 2. The molecule has 0 radical (unpaired) electrons. The van der Waals surface area contributed by atoms with E-state index in [9.17, 15) is 0 Å². The molecule has 1 aromatic heterocycles. The van der Waals surface area contributed by atoms with E-state index in [1.54, 1.807) is 0 Å². The molecule has 0 aliphatic carbocycles. The van der Waals surface area contributed by atoms with Crippen LogP contribution in [0.25, 0.3) is 0 Å². The summed E-state index contributed by atoms with van der Waals surface area (Å²) in [5.41, 5.74) is 7.62. The van der Waals surface area contributed by atoms with Crippen LogP contribution >= 0.6 is 34.2 Å². The molecule has 2 aromatic rings. The molecule has 19 heavy (non-hydrogen) atoms. The lowest BCUT2D eigenvalue weighted by molar-refractivity contribution is 0.855. The maximum Gasteiger partial charge on any atom is 0.139 e. The van der Waals surface area contributed by atoms with Gasteiger partial charge in [0.1, 0.15) is 18.0 Å². The molecule has 0 unspecified atom stereocenters. The lowest BCUT2D eigenvalue weighted by Crippen LogP contribution is -2.06. The van der Waals surface area contributed by atoms with E-state index in [1.807, 2.05) is 18.2 Å². The summed E-state index contributed by atoms with van der Waals surface area (Å²) in [6, 6.07) is 5.80. The zero-order chi connectivity index (χ0) is 14.0. The third-order valence-corrected chi connectivity index (χ3v) is 3.66. The average molecular weight is 389 g/mol. The molecule has 0 aliphatic heterocycles. The Morgan fingerprint density at radius 2 is 2.05 bits per heavy atom. The molecular formula is C13H14ClIN4. The Morgan fingerprint density at radius 1 is 1.32 bits per heavy atom. The fourth-order valence-corrected chi connectivity index (χ4v) is 2.70. The second-order valence-electron chi connectivity index (χ2n) is 4.43. The standard InChI is InChI=1S/C13H14ClIN4/c1-7(2)11-12(16)17-6-18-13(11)19-10-4-3-8(15)5-9(10)14/h3-7H,1-2H3,(H3,16,17,18,19). The Kier molecular flexibility index (Phi) is 4.46. The predicted octanol–water partition coefficient (Wildman–Crippen LogP) is 4.18. The van der Waals surface area contributed by atoms with Gasteiger partial charge in [0, 0.05) is 9.13 Å². The molecule has 0 spiro atoms. The van der Waals surface area contributed by atoms with Crippen molar-refractivity contribution in [2.75, 3.05) is 11.1 Å². The summed E-state index contributed by atoms with van der Waals surface area (Å²) in [6.07, 6.45) is 1.45. The molecule has 6 heteroatoms. The van der Waals surface area contributed by atoms with E-state index in [0.717, 1.165) is 14.8 Å². The molecule has 1 aromatic carbocycles. The van der Waals surface area contributed by atoms with Crippen molar-refractivity contribution in [3.63, 3.8) is 0 Å². The van der Waals surface area contributed by atoms with Crippen LogP contribution in [0.5, 0.6) is 0 Å². The van der Waals surface area contributed by atoms with E-state index in [1.165, 1.54) is 6.33 Å². The summed E-state index contributed by atoms with van der Waals surface area (Å²) < 4.78 is 1.08. The summed E-state index contributed by atoms with van der Waals surface area (Å²) in [4.78, 5) is 8.29. The summed E-state index contributed by atoms with van der Waals surface area (Å²) in [5.74, 6) is 1.42. The van der Waals surface area contributed by atoms with Gasteiger partial charge in [-0.15, -0.1) is 0 Å². The van der Waals surface area contributed by atoms with Gasteiger partial charge in [-0.1, -0.05) is 25.4 Å². The molecule has 0 saturated carbocycles. The minimum atomic E-state index is 0.228. The monoisotopic (exact) mass is 388 g/mol. The van der Waals surface area contributed by atoms with Crippen LogP contribution in [0.15, 0.2) is 24.5 Å². The minimum Gasteiger partial charge on any atom is -0.383 e. The van der Waals surface area contributed by atoms with Gasteiger partial charge in [0.05, 0.1) is 10.7 Å². The van der Waals surface area contributed by atoms with Crippen molar-refractivity contribution in [2.24, 2.45) is 0 Å². The van der Waals surface area contributed by atoms with Gasteiger partial charge in [0.2, 0.25) is 0 Å². The third-order valence-electron chi connectivity index (χ3n) is 2.68. The van der Waals surface area contributed by atoms with Crippen LogP contribution in [-0.2, 0) is 0 Å². The summed E-state index contributed by atoms with van der Waals surface area (Å²) in [7, 11) is 0. The van der Waals surface area contributed by atoms with Gasteiger partial charge in [-0.2, -0.15) is 0 Å². The maximum absolute atomic E-state index is 6.21. The topological polar surface area (TPSA) is 63.8 Å². The Balaban J connectivity index is 2.41. The van der Waals surface area contributed by atoms with Gasteiger partial charge in [-0.25, -0.2) is 9.97 Å². The first kappa shape index (κ1) is 14.3. The number of anilines is 3. The molecule has 100 valence electrons. The zero-order valence-corrected chi connectivity index (χ0v) is 13.5. The lowest BCUT2D eigenvalue weighted by Gasteiger charge is -2.15. The number of rotatable bonds is 3. The second-order valence-corrected chi connectivity index (χ2v) is 6.08. The van der Waals surface area contributed by atoms with E-state index < -0.39 is 0 Å². The molecule has 0 fully saturated rings. The SMILES string of the molecule is CC(C)c1c(N)ncnc1Nc1ccc(I)cc1Cl. The van der Waals surface area contributed by atoms with Crippen molar-refractivity contribution in [2.45, 2.75) is 19.8 Å². The van der Waals surface area contributed by atoms with Gasteiger partial charge in [0.15, 0.2) is 0 Å². The molecule has 4 nitrogen and oxygen atoms in total. The number of nitrogens with one attached hydrogen (secondary N) is 1. The van der Waals surface area contributed by atoms with Crippen molar-refractivity contribution in [3.05, 3.63) is 38.7 Å². The van der Waals surface area contributed by atoms with Gasteiger partial charge in [0.25, 0.3) is 0 Å². The number of nitrogen functional groups attached to an aromatic ring is 1. The van der Waals surface area contributed by atoms with Crippen molar-refractivity contribution in [3.8, 4) is 0 Å². The molecule has 1 heterocycles. The van der Waals surface area contributed by atoms with E-state index in [4.69, 9.17) is 17.3 Å². The quantitative estimate of drug-likeness (QED) is 0.774. The van der Waals surface area contributed by atoms with Crippen LogP contribution in [0.2, 0.25) is 5.02 Å². The zero-order valence-electron chi connectivity index (χ0n) is 10.6. The van der Waals surface area contributed by atoms with Crippen molar-refractivity contribution in [1.82, 2.24) is 9.97 Å². The molecule has 0 amide bonds. The van der Waals surface area contributed by atoms with Crippen LogP contribution < -0.4 is 11.1 Å². The van der Waals surface area contributed by atoms with Crippen molar-refractivity contribution < 1.29 is 0 Å². The highest BCUT2D eigenvalue weighted by Gasteiger charge is 2.14. The first-order valence-electron chi connectivity index (χ1n) is 5.81. The van der Waals surface area contributed by atoms with Crippen LogP contribution in [0.4, 0.5) is 17.3 Å². The number of aromatic nitrogens is 2. The molecule has 3 N–H and O–H groups in total. The van der Waals surface area contributed by atoms with Crippen LogP contribution in [0.1, 0.15) is 25.3 Å². The van der Waals surface area contributed by atoms with Crippen LogP contribution in [0, 0.1) is 3.57 Å². The van der Waals surface area contributed by atoms with Crippen LogP contribution in [0.3, 0.4) is 0 Å². The first-order chi connectivity index (χ1) is 8.99. The van der Waals surface area contributed by atoms with E-state index in [-0.39, 0.29) is 5.92 Å². The Hall–Kier alpha value is -1.08. The molecule has 0 aliphatic rings. The first-order valence-corrected chi connectivity index (χ1v) is 7.27. The largest absolute Gasteiger partial charge is 0.383 e.